The summed E-state index contributed by atoms with van der Waals surface area (Å²) >= 11 is 5.85. The molecule has 1 heterocycles. The molecule has 142 valence electrons. The fourth-order valence-corrected chi connectivity index (χ4v) is 2.56. The van der Waals surface area contributed by atoms with Crippen molar-refractivity contribution in [3.8, 4) is 5.75 Å². The topological polar surface area (TPSA) is 80.3 Å². The molecule has 0 atom stereocenters. The summed E-state index contributed by atoms with van der Waals surface area (Å²) in [6.45, 7) is 0.333. The van der Waals surface area contributed by atoms with Crippen LogP contribution < -0.4 is 15.4 Å². The first-order valence-corrected chi connectivity index (χ1v) is 8.88. The van der Waals surface area contributed by atoms with Crippen LogP contribution in [0.3, 0.4) is 0 Å². The lowest BCUT2D eigenvalue weighted by Crippen LogP contribution is -2.25. The summed E-state index contributed by atoms with van der Waals surface area (Å²) in [6.07, 6.45) is 0. The van der Waals surface area contributed by atoms with Crippen LogP contribution in [0.25, 0.3) is 0 Å². The summed E-state index contributed by atoms with van der Waals surface area (Å²) in [5.41, 5.74) is 1.82. The van der Waals surface area contributed by atoms with E-state index in [9.17, 15) is 9.59 Å². The molecule has 6 nitrogen and oxygen atoms in total. The molecule has 28 heavy (non-hydrogen) atoms. The number of methoxy groups -OCH3 is 1. The average molecular weight is 396 g/mol. The molecule has 0 radical (unpaired) electrons. The zero-order valence-corrected chi connectivity index (χ0v) is 15.9. The predicted octanol–water partition coefficient (Wildman–Crippen LogP) is 3.93. The van der Waals surface area contributed by atoms with Gasteiger partial charge in [0.05, 0.1) is 7.11 Å². The molecule has 7 heteroatoms. The Morgan fingerprint density at radius 1 is 0.929 bits per heavy atom. The van der Waals surface area contributed by atoms with E-state index in [4.69, 9.17) is 16.3 Å². The molecule has 0 aliphatic rings. The van der Waals surface area contributed by atoms with Crippen LogP contribution in [-0.2, 0) is 6.54 Å². The lowest BCUT2D eigenvalue weighted by Gasteiger charge is -2.08. The molecule has 3 aromatic rings. The van der Waals surface area contributed by atoms with Crippen LogP contribution in [0.1, 0.15) is 26.5 Å². The number of hydrogen-bond donors (Lipinski definition) is 2. The molecule has 2 amide bonds. The minimum absolute atomic E-state index is 0.148. The van der Waals surface area contributed by atoms with Gasteiger partial charge in [0.15, 0.2) is 0 Å². The van der Waals surface area contributed by atoms with Crippen molar-refractivity contribution >= 4 is 29.1 Å². The van der Waals surface area contributed by atoms with Crippen molar-refractivity contribution in [3.05, 3.63) is 88.7 Å². The Balaban J connectivity index is 1.64. The lowest BCUT2D eigenvalue weighted by molar-refractivity contribution is 0.0945. The highest BCUT2D eigenvalue weighted by Crippen LogP contribution is 2.16. The average Bonchev–Trinajstić information content (AvgIpc) is 2.73. The van der Waals surface area contributed by atoms with Gasteiger partial charge < -0.3 is 15.4 Å². The Bertz CT molecular complexity index is 973. The summed E-state index contributed by atoms with van der Waals surface area (Å²) in [5.74, 6) is -0.0814. The Hall–Kier alpha value is -3.38. The zero-order chi connectivity index (χ0) is 19.9. The van der Waals surface area contributed by atoms with Crippen molar-refractivity contribution in [1.82, 2.24) is 10.3 Å². The molecule has 3 rings (SSSR count). The molecule has 0 saturated carbocycles. The maximum atomic E-state index is 12.4. The van der Waals surface area contributed by atoms with Gasteiger partial charge >= 0.3 is 0 Å². The fraction of sp³-hybridized carbons (Fsp3) is 0.0952. The molecule has 2 N–H and O–H groups in total. The number of halogens is 1. The summed E-state index contributed by atoms with van der Waals surface area (Å²) in [5, 5.41) is 6.14. The van der Waals surface area contributed by atoms with Gasteiger partial charge in [-0.3, -0.25) is 9.59 Å². The van der Waals surface area contributed by atoms with Crippen molar-refractivity contribution in [1.29, 1.82) is 0 Å². The second-order valence-electron chi connectivity index (χ2n) is 5.90. The first-order valence-electron chi connectivity index (χ1n) is 8.50. The number of carbonyl (C=O) groups is 2. The summed E-state index contributed by atoms with van der Waals surface area (Å²) in [6, 6.07) is 18.8. The number of benzene rings is 2. The van der Waals surface area contributed by atoms with Gasteiger partial charge in [-0.1, -0.05) is 29.8 Å². The third kappa shape index (κ3) is 5.08. The number of rotatable bonds is 6. The van der Waals surface area contributed by atoms with Gasteiger partial charge in [-0.25, -0.2) is 4.98 Å². The van der Waals surface area contributed by atoms with E-state index >= 15 is 0 Å². The second kappa shape index (κ2) is 9.01. The quantitative estimate of drug-likeness (QED) is 0.662. The van der Waals surface area contributed by atoms with E-state index in [1.165, 1.54) is 0 Å². The number of nitrogens with one attached hydrogen (secondary N) is 2. The van der Waals surface area contributed by atoms with Crippen molar-refractivity contribution in [2.24, 2.45) is 0 Å². The van der Waals surface area contributed by atoms with E-state index < -0.39 is 5.91 Å². The highest BCUT2D eigenvalue weighted by Gasteiger charge is 2.12. The standard InChI is InChI=1S/C21H18ClN3O3/c1-28-17-11-9-16(10-12-17)24-21(27)19-4-2-3-18(25-19)20(26)23-13-14-5-7-15(22)8-6-14/h2-12H,13H2,1H3,(H,23,26)(H,24,27). The zero-order valence-electron chi connectivity index (χ0n) is 15.1. The van der Waals surface area contributed by atoms with Gasteiger partial charge in [-0.2, -0.15) is 0 Å². The number of carbonyl (C=O) groups excluding carboxylic acids is 2. The molecule has 2 aromatic carbocycles. The van der Waals surface area contributed by atoms with Crippen LogP contribution in [0.5, 0.6) is 5.75 Å². The highest BCUT2D eigenvalue weighted by atomic mass is 35.5. The van der Waals surface area contributed by atoms with Crippen LogP contribution in [0, 0.1) is 0 Å². The molecule has 0 fully saturated rings. The Kier molecular flexibility index (Phi) is 6.24. The molecule has 0 saturated heterocycles. The highest BCUT2D eigenvalue weighted by molar-refractivity contribution is 6.30. The lowest BCUT2D eigenvalue weighted by atomic mass is 10.2. The van der Waals surface area contributed by atoms with E-state index in [1.54, 1.807) is 61.7 Å². The molecular weight excluding hydrogens is 378 g/mol. The van der Waals surface area contributed by atoms with Crippen LogP contribution in [0.15, 0.2) is 66.7 Å². The number of anilines is 1. The Morgan fingerprint density at radius 3 is 2.21 bits per heavy atom. The van der Waals surface area contributed by atoms with E-state index in [2.05, 4.69) is 15.6 Å². The Labute approximate surface area is 167 Å². The SMILES string of the molecule is COc1ccc(NC(=O)c2cccc(C(=O)NCc3ccc(Cl)cc3)n2)cc1. The molecule has 0 bridgehead atoms. The maximum Gasteiger partial charge on any atom is 0.274 e. The van der Waals surface area contributed by atoms with Crippen LogP contribution in [0.4, 0.5) is 5.69 Å². The number of aromatic nitrogens is 1. The molecule has 1 aromatic heterocycles. The first kappa shape index (κ1) is 19.4. The van der Waals surface area contributed by atoms with E-state index in [-0.39, 0.29) is 17.3 Å². The van der Waals surface area contributed by atoms with Gasteiger partial charge in [0.25, 0.3) is 11.8 Å². The molecule has 0 spiro atoms. The number of hydrogen-bond acceptors (Lipinski definition) is 4. The minimum atomic E-state index is -0.405. The van der Waals surface area contributed by atoms with Crippen molar-refractivity contribution in [2.75, 3.05) is 12.4 Å². The summed E-state index contributed by atoms with van der Waals surface area (Å²) in [7, 11) is 1.57. The van der Waals surface area contributed by atoms with Gasteiger partial charge in [0, 0.05) is 17.3 Å². The van der Waals surface area contributed by atoms with Gasteiger partial charge in [0.2, 0.25) is 0 Å². The third-order valence-corrected chi connectivity index (χ3v) is 4.18. The normalized spacial score (nSPS) is 10.2. The second-order valence-corrected chi connectivity index (χ2v) is 6.34. The maximum absolute atomic E-state index is 12.4. The molecule has 0 unspecified atom stereocenters. The summed E-state index contributed by atoms with van der Waals surface area (Å²) in [4.78, 5) is 28.9. The van der Waals surface area contributed by atoms with Gasteiger partial charge in [0.1, 0.15) is 17.1 Å². The number of ether oxygens (including phenoxy) is 1. The third-order valence-electron chi connectivity index (χ3n) is 3.93. The number of amides is 2. The van der Waals surface area contributed by atoms with Gasteiger partial charge in [-0.05, 0) is 54.1 Å². The smallest absolute Gasteiger partial charge is 0.274 e. The Morgan fingerprint density at radius 2 is 1.57 bits per heavy atom. The van der Waals surface area contributed by atoms with E-state index in [0.29, 0.717) is 23.0 Å². The van der Waals surface area contributed by atoms with Crippen molar-refractivity contribution in [3.63, 3.8) is 0 Å². The monoisotopic (exact) mass is 395 g/mol. The summed E-state index contributed by atoms with van der Waals surface area (Å²) < 4.78 is 5.09. The largest absolute Gasteiger partial charge is 0.497 e. The van der Waals surface area contributed by atoms with E-state index in [1.807, 2.05) is 12.1 Å². The minimum Gasteiger partial charge on any atom is -0.497 e. The van der Waals surface area contributed by atoms with Gasteiger partial charge in [-0.15, -0.1) is 0 Å². The van der Waals surface area contributed by atoms with E-state index in [0.717, 1.165) is 5.56 Å². The van der Waals surface area contributed by atoms with Crippen LogP contribution >= 0.6 is 11.6 Å². The number of nitrogens with zero attached hydrogens (tertiary/aromatic N) is 1. The van der Waals surface area contributed by atoms with Crippen molar-refractivity contribution in [2.45, 2.75) is 6.54 Å². The first-order chi connectivity index (χ1) is 13.5. The fourth-order valence-electron chi connectivity index (χ4n) is 2.43. The molecule has 0 aliphatic carbocycles. The van der Waals surface area contributed by atoms with Crippen molar-refractivity contribution < 1.29 is 14.3 Å². The number of pyridine rings is 1. The molecule has 0 aliphatic heterocycles. The van der Waals surface area contributed by atoms with Crippen LogP contribution in [0.2, 0.25) is 5.02 Å². The molecular formula is C21H18ClN3O3. The van der Waals surface area contributed by atoms with Crippen LogP contribution in [-0.4, -0.2) is 23.9 Å². The predicted molar refractivity (Wildman–Crippen MR) is 108 cm³/mol.